The van der Waals surface area contributed by atoms with Gasteiger partial charge in [0, 0.05) is 29.5 Å². The van der Waals surface area contributed by atoms with E-state index in [1.54, 1.807) is 4.57 Å². The fraction of sp³-hybridized carbons (Fsp3) is 0.440. The average molecular weight is 464 g/mol. The molecule has 0 spiro atoms. The first-order valence-corrected chi connectivity index (χ1v) is 12.7. The number of carbonyl (C=O) groups excluding carboxylic acids is 1. The van der Waals surface area contributed by atoms with E-state index in [9.17, 15) is 9.59 Å². The third-order valence-electron chi connectivity index (χ3n) is 6.49. The molecule has 8 heteroatoms. The summed E-state index contributed by atoms with van der Waals surface area (Å²) < 4.78 is 5.95. The highest BCUT2D eigenvalue weighted by atomic mass is 32.2. The number of aryl methyl sites for hydroxylation is 2. The van der Waals surface area contributed by atoms with Crippen LogP contribution in [0.3, 0.4) is 0 Å². The quantitative estimate of drug-likeness (QED) is 0.199. The fourth-order valence-corrected chi connectivity index (χ4v) is 5.53. The summed E-state index contributed by atoms with van der Waals surface area (Å²) in [5.74, 6) is 0.910. The molecule has 7 nitrogen and oxygen atoms in total. The number of carbonyl (C=O) groups is 1. The first kappa shape index (κ1) is 21.9. The van der Waals surface area contributed by atoms with Crippen molar-refractivity contribution in [1.29, 1.82) is 0 Å². The number of unbranched alkanes of at least 4 members (excludes halogenated alkanes) is 2. The number of thioether (sulfide) groups is 1. The first-order valence-electron chi connectivity index (χ1n) is 11.7. The van der Waals surface area contributed by atoms with Crippen molar-refractivity contribution in [2.45, 2.75) is 70.6 Å². The molecule has 4 aromatic rings. The molecule has 5 rings (SSSR count). The molecule has 1 saturated carbocycles. The number of rotatable bonds is 9. The summed E-state index contributed by atoms with van der Waals surface area (Å²) in [5, 5.41) is 10.0. The normalized spacial score (nSPS) is 13.9. The standard InChI is InChI=1S/C25H29N5O2S/c1-4-5-8-13-28-23(32)19-9-6-7-10-21(19)30-24(28)26-27-25(30)33-15-22(31)20-14-16(2)29(17(20)3)18-11-12-18/h6-7,9-10,14,18H,4-5,8,11-13,15H2,1-3H3. The van der Waals surface area contributed by atoms with Gasteiger partial charge in [-0.1, -0.05) is 43.7 Å². The molecule has 1 fully saturated rings. The Morgan fingerprint density at radius 1 is 1.15 bits per heavy atom. The van der Waals surface area contributed by atoms with Gasteiger partial charge in [0.25, 0.3) is 5.56 Å². The van der Waals surface area contributed by atoms with Gasteiger partial charge in [0.15, 0.2) is 10.9 Å². The Kier molecular flexibility index (Phi) is 5.86. The molecule has 0 unspecified atom stereocenters. The van der Waals surface area contributed by atoms with E-state index >= 15 is 0 Å². The lowest BCUT2D eigenvalue weighted by molar-refractivity contribution is 0.102. The van der Waals surface area contributed by atoms with E-state index in [2.05, 4.69) is 28.6 Å². The van der Waals surface area contributed by atoms with Gasteiger partial charge in [-0.3, -0.25) is 18.6 Å². The predicted molar refractivity (Wildman–Crippen MR) is 132 cm³/mol. The Bertz CT molecular complexity index is 1410. The number of nitrogens with zero attached hydrogens (tertiary/aromatic N) is 5. The summed E-state index contributed by atoms with van der Waals surface area (Å²) in [6.07, 6.45) is 5.43. The highest BCUT2D eigenvalue weighted by Gasteiger charge is 2.28. The smallest absolute Gasteiger partial charge is 0.262 e. The van der Waals surface area contributed by atoms with E-state index in [0.29, 0.717) is 28.9 Å². The highest BCUT2D eigenvalue weighted by molar-refractivity contribution is 7.99. The van der Waals surface area contributed by atoms with E-state index < -0.39 is 0 Å². The maximum atomic E-state index is 13.1. The molecule has 172 valence electrons. The van der Waals surface area contributed by atoms with Gasteiger partial charge >= 0.3 is 0 Å². The number of aromatic nitrogens is 5. The monoisotopic (exact) mass is 463 g/mol. The summed E-state index contributed by atoms with van der Waals surface area (Å²) in [6, 6.07) is 10.1. The minimum absolute atomic E-state index is 0.0401. The minimum atomic E-state index is -0.0401. The zero-order valence-corrected chi connectivity index (χ0v) is 20.2. The van der Waals surface area contributed by atoms with Crippen LogP contribution in [-0.2, 0) is 6.54 Å². The Morgan fingerprint density at radius 2 is 1.94 bits per heavy atom. The molecule has 3 heterocycles. The lowest BCUT2D eigenvalue weighted by atomic mass is 10.2. The van der Waals surface area contributed by atoms with Crippen molar-refractivity contribution in [3.63, 3.8) is 0 Å². The van der Waals surface area contributed by atoms with Gasteiger partial charge in [-0.2, -0.15) is 0 Å². The molecule has 33 heavy (non-hydrogen) atoms. The Balaban J connectivity index is 1.48. The van der Waals surface area contributed by atoms with Crippen molar-refractivity contribution in [2.75, 3.05) is 5.75 Å². The first-order chi connectivity index (χ1) is 16.0. The molecule has 0 amide bonds. The van der Waals surface area contributed by atoms with Crippen LogP contribution in [0.15, 0.2) is 40.3 Å². The van der Waals surface area contributed by atoms with Crippen LogP contribution in [-0.4, -0.2) is 35.3 Å². The zero-order valence-electron chi connectivity index (χ0n) is 19.4. The summed E-state index contributed by atoms with van der Waals surface area (Å²) in [7, 11) is 0. The molecule has 0 aliphatic heterocycles. The van der Waals surface area contributed by atoms with Crippen LogP contribution in [0.4, 0.5) is 0 Å². The van der Waals surface area contributed by atoms with E-state index in [1.165, 1.54) is 24.6 Å². The fourth-order valence-electron chi connectivity index (χ4n) is 4.71. The summed E-state index contributed by atoms with van der Waals surface area (Å²) in [6.45, 7) is 6.86. The number of hydrogen-bond acceptors (Lipinski definition) is 5. The number of fused-ring (bicyclic) bond motifs is 3. The van der Waals surface area contributed by atoms with Crippen LogP contribution in [0.5, 0.6) is 0 Å². The van der Waals surface area contributed by atoms with Crippen molar-refractivity contribution in [3.05, 3.63) is 57.6 Å². The molecule has 0 N–H and O–H groups in total. The minimum Gasteiger partial charge on any atom is -0.345 e. The van der Waals surface area contributed by atoms with Gasteiger partial charge < -0.3 is 4.57 Å². The highest BCUT2D eigenvalue weighted by Crippen LogP contribution is 2.38. The average Bonchev–Trinajstić information content (AvgIpc) is 3.48. The summed E-state index contributed by atoms with van der Waals surface area (Å²) >= 11 is 1.38. The second-order valence-electron chi connectivity index (χ2n) is 8.90. The molecule has 0 saturated heterocycles. The molecule has 0 atom stereocenters. The van der Waals surface area contributed by atoms with Crippen LogP contribution >= 0.6 is 11.8 Å². The molecule has 1 aromatic carbocycles. The molecule has 1 aliphatic carbocycles. The SMILES string of the molecule is CCCCCn1c(=O)c2ccccc2n2c(SCC(=O)c3cc(C)n(C4CC4)c3C)nnc12. The van der Waals surface area contributed by atoms with Crippen molar-refractivity contribution >= 4 is 34.2 Å². The van der Waals surface area contributed by atoms with Crippen LogP contribution in [0, 0.1) is 13.8 Å². The van der Waals surface area contributed by atoms with Gasteiger partial charge in [0.2, 0.25) is 5.78 Å². The van der Waals surface area contributed by atoms with Crippen molar-refractivity contribution in [2.24, 2.45) is 0 Å². The zero-order chi connectivity index (χ0) is 23.1. The second-order valence-corrected chi connectivity index (χ2v) is 9.84. The molecular weight excluding hydrogens is 434 g/mol. The van der Waals surface area contributed by atoms with Gasteiger partial charge in [-0.15, -0.1) is 10.2 Å². The molecule has 3 aromatic heterocycles. The van der Waals surface area contributed by atoms with Crippen molar-refractivity contribution in [3.8, 4) is 0 Å². The third-order valence-corrected chi connectivity index (χ3v) is 7.42. The van der Waals surface area contributed by atoms with Gasteiger partial charge in [0.1, 0.15) is 0 Å². The lowest BCUT2D eigenvalue weighted by Crippen LogP contribution is -2.23. The maximum absolute atomic E-state index is 13.1. The number of ketones is 1. The van der Waals surface area contributed by atoms with Crippen LogP contribution < -0.4 is 5.56 Å². The van der Waals surface area contributed by atoms with Crippen molar-refractivity contribution < 1.29 is 4.79 Å². The molecule has 0 bridgehead atoms. The van der Waals surface area contributed by atoms with Gasteiger partial charge in [-0.25, -0.2) is 0 Å². The number of para-hydroxylation sites is 1. The summed E-state index contributed by atoms with van der Waals surface area (Å²) in [5.41, 5.74) is 3.74. The van der Waals surface area contributed by atoms with Gasteiger partial charge in [-0.05, 0) is 51.3 Å². The topological polar surface area (TPSA) is 74.2 Å². The lowest BCUT2D eigenvalue weighted by Gasteiger charge is -2.11. The summed E-state index contributed by atoms with van der Waals surface area (Å²) in [4.78, 5) is 26.3. The largest absolute Gasteiger partial charge is 0.345 e. The van der Waals surface area contributed by atoms with Gasteiger partial charge in [0.05, 0.1) is 16.7 Å². The Morgan fingerprint density at radius 3 is 2.70 bits per heavy atom. The van der Waals surface area contributed by atoms with E-state index in [4.69, 9.17) is 0 Å². The number of benzene rings is 1. The molecular formula is C25H29N5O2S. The maximum Gasteiger partial charge on any atom is 0.262 e. The Hall–Kier alpha value is -2.87. The predicted octanol–water partition coefficient (Wildman–Crippen LogP) is 4.96. The van der Waals surface area contributed by atoms with Crippen LogP contribution in [0.1, 0.15) is 66.8 Å². The van der Waals surface area contributed by atoms with Crippen LogP contribution in [0.2, 0.25) is 0 Å². The molecule has 0 radical (unpaired) electrons. The van der Waals surface area contributed by atoms with Crippen molar-refractivity contribution in [1.82, 2.24) is 23.7 Å². The molecule has 1 aliphatic rings. The Labute approximate surface area is 196 Å². The van der Waals surface area contributed by atoms with E-state index in [1.807, 2.05) is 41.7 Å². The van der Waals surface area contributed by atoms with Crippen LogP contribution in [0.25, 0.3) is 16.7 Å². The second kappa shape index (κ2) is 8.82. The third kappa shape index (κ3) is 3.90. The van der Waals surface area contributed by atoms with E-state index in [0.717, 1.165) is 41.7 Å². The number of Topliss-reactive ketones (excluding diaryl/α,β-unsaturated/α-hetero) is 1. The van der Waals surface area contributed by atoms with E-state index in [-0.39, 0.29) is 17.1 Å². The number of hydrogen-bond donors (Lipinski definition) is 0.